The van der Waals surface area contributed by atoms with Crippen LogP contribution in [-0.2, 0) is 5.60 Å². The van der Waals surface area contributed by atoms with Crippen LogP contribution in [0.2, 0.25) is 0 Å². The van der Waals surface area contributed by atoms with E-state index in [4.69, 9.17) is 4.42 Å². The lowest BCUT2D eigenvalue weighted by Crippen LogP contribution is -2.40. The van der Waals surface area contributed by atoms with Crippen LogP contribution in [0.5, 0.6) is 0 Å². The summed E-state index contributed by atoms with van der Waals surface area (Å²) in [5.41, 5.74) is 0.358. The average molecular weight is 338 g/mol. The first kappa shape index (κ1) is 16.7. The highest BCUT2D eigenvalue weighted by atomic mass is 16.4. The molecule has 3 aromatic rings. The van der Waals surface area contributed by atoms with Crippen molar-refractivity contribution in [3.8, 4) is 11.3 Å². The van der Waals surface area contributed by atoms with E-state index in [1.54, 1.807) is 31.2 Å². The monoisotopic (exact) mass is 338 g/mol. The van der Waals surface area contributed by atoms with Gasteiger partial charge >= 0.3 is 6.03 Å². The fourth-order valence-corrected chi connectivity index (χ4v) is 2.25. The molecule has 3 N–H and O–H groups in total. The number of hydrogen-bond donors (Lipinski definition) is 3. The molecule has 1 unspecified atom stereocenters. The number of rotatable bonds is 5. The van der Waals surface area contributed by atoms with Gasteiger partial charge in [-0.25, -0.2) is 4.79 Å². The van der Waals surface area contributed by atoms with Crippen LogP contribution in [-0.4, -0.2) is 27.9 Å². The van der Waals surface area contributed by atoms with Gasteiger partial charge in [-0.15, -0.1) is 10.2 Å². The van der Waals surface area contributed by atoms with E-state index in [1.807, 2.05) is 30.3 Å². The number of nitrogens with zero attached hydrogens (tertiary/aromatic N) is 2. The second kappa shape index (κ2) is 7.14. The van der Waals surface area contributed by atoms with Crippen LogP contribution >= 0.6 is 0 Å². The van der Waals surface area contributed by atoms with Crippen molar-refractivity contribution >= 4 is 11.8 Å². The third-order valence-corrected chi connectivity index (χ3v) is 3.62. The number of carbonyl (C=O) groups is 1. The molecule has 0 spiro atoms. The Bertz CT molecular complexity index is 815. The molecule has 1 aromatic carbocycles. The Labute approximate surface area is 144 Å². The SMILES string of the molecule is CC(O)(CNC(=O)Nc1ccc(-c2ccccc2)nn1)c1ccco1. The maximum atomic E-state index is 12.0. The molecule has 1 atom stereocenters. The summed E-state index contributed by atoms with van der Waals surface area (Å²) in [7, 11) is 0. The minimum atomic E-state index is -1.30. The Morgan fingerprint density at radius 3 is 2.56 bits per heavy atom. The summed E-state index contributed by atoms with van der Waals surface area (Å²) in [4.78, 5) is 12.0. The lowest BCUT2D eigenvalue weighted by Gasteiger charge is -2.21. The van der Waals surface area contributed by atoms with E-state index in [-0.39, 0.29) is 6.54 Å². The van der Waals surface area contributed by atoms with E-state index in [2.05, 4.69) is 20.8 Å². The molecule has 0 aliphatic carbocycles. The smallest absolute Gasteiger partial charge is 0.320 e. The minimum absolute atomic E-state index is 0.0120. The number of aliphatic hydroxyl groups is 1. The highest BCUT2D eigenvalue weighted by Gasteiger charge is 2.26. The molecule has 7 nitrogen and oxygen atoms in total. The van der Waals surface area contributed by atoms with Crippen LogP contribution < -0.4 is 10.6 Å². The first-order valence-electron chi connectivity index (χ1n) is 7.75. The fraction of sp³-hybridized carbons (Fsp3) is 0.167. The molecule has 0 bridgehead atoms. The molecule has 0 aliphatic rings. The number of anilines is 1. The van der Waals surface area contributed by atoms with Gasteiger partial charge in [0.1, 0.15) is 11.4 Å². The quantitative estimate of drug-likeness (QED) is 0.664. The highest BCUT2D eigenvalue weighted by molar-refractivity contribution is 5.88. The molecule has 0 fully saturated rings. The molecular formula is C18H18N4O3. The highest BCUT2D eigenvalue weighted by Crippen LogP contribution is 2.20. The molecule has 25 heavy (non-hydrogen) atoms. The number of urea groups is 1. The predicted molar refractivity (Wildman–Crippen MR) is 92.8 cm³/mol. The summed E-state index contributed by atoms with van der Waals surface area (Å²) in [6.45, 7) is 1.54. The van der Waals surface area contributed by atoms with Gasteiger partial charge in [-0.05, 0) is 31.2 Å². The molecular weight excluding hydrogens is 320 g/mol. The molecule has 2 amide bonds. The zero-order chi connectivity index (χ0) is 17.7. The van der Waals surface area contributed by atoms with Crippen LogP contribution in [0.4, 0.5) is 10.6 Å². The van der Waals surface area contributed by atoms with E-state index in [0.29, 0.717) is 17.3 Å². The molecule has 0 aliphatic heterocycles. The van der Waals surface area contributed by atoms with Crippen molar-refractivity contribution in [2.45, 2.75) is 12.5 Å². The molecule has 2 aromatic heterocycles. The molecule has 0 radical (unpaired) electrons. The summed E-state index contributed by atoms with van der Waals surface area (Å²) in [6, 6.07) is 15.9. The zero-order valence-corrected chi connectivity index (χ0v) is 13.6. The molecule has 0 saturated carbocycles. The third kappa shape index (κ3) is 4.21. The molecule has 0 saturated heterocycles. The summed E-state index contributed by atoms with van der Waals surface area (Å²) >= 11 is 0. The van der Waals surface area contributed by atoms with Gasteiger partial charge in [-0.2, -0.15) is 0 Å². The van der Waals surface area contributed by atoms with Gasteiger partial charge in [-0.3, -0.25) is 5.32 Å². The van der Waals surface area contributed by atoms with Gasteiger partial charge in [0.25, 0.3) is 0 Å². The van der Waals surface area contributed by atoms with E-state index in [9.17, 15) is 9.90 Å². The number of benzene rings is 1. The van der Waals surface area contributed by atoms with Crippen molar-refractivity contribution in [2.75, 3.05) is 11.9 Å². The molecule has 7 heteroatoms. The Kier molecular flexibility index (Phi) is 4.76. The van der Waals surface area contributed by atoms with Crippen molar-refractivity contribution in [3.05, 3.63) is 66.6 Å². The first-order chi connectivity index (χ1) is 12.0. The lowest BCUT2D eigenvalue weighted by atomic mass is 10.0. The summed E-state index contributed by atoms with van der Waals surface area (Å²) < 4.78 is 5.16. The molecule has 2 heterocycles. The Hall–Kier alpha value is -3.19. The van der Waals surface area contributed by atoms with E-state index >= 15 is 0 Å². The largest absolute Gasteiger partial charge is 0.466 e. The normalized spacial score (nSPS) is 13.0. The van der Waals surface area contributed by atoms with Gasteiger partial charge in [-0.1, -0.05) is 30.3 Å². The van der Waals surface area contributed by atoms with Crippen molar-refractivity contribution in [1.82, 2.24) is 15.5 Å². The number of carbonyl (C=O) groups excluding carboxylic acids is 1. The lowest BCUT2D eigenvalue weighted by molar-refractivity contribution is 0.0372. The van der Waals surface area contributed by atoms with Gasteiger partial charge in [0.05, 0.1) is 18.5 Å². The van der Waals surface area contributed by atoms with E-state index < -0.39 is 11.6 Å². The van der Waals surface area contributed by atoms with E-state index in [1.165, 1.54) is 6.26 Å². The zero-order valence-electron chi connectivity index (χ0n) is 13.6. The van der Waals surface area contributed by atoms with Crippen LogP contribution in [0, 0.1) is 0 Å². The standard InChI is InChI=1S/C18H18N4O3/c1-18(24,15-8-5-11-25-15)12-19-17(23)20-16-10-9-14(21-22-16)13-6-3-2-4-7-13/h2-11,24H,12H2,1H3,(H2,19,20,22,23). The molecule has 3 rings (SSSR count). The third-order valence-electron chi connectivity index (χ3n) is 3.62. The van der Waals surface area contributed by atoms with Crippen molar-refractivity contribution in [2.24, 2.45) is 0 Å². The summed E-state index contributed by atoms with van der Waals surface area (Å²) in [6.07, 6.45) is 1.47. The number of furan rings is 1. The van der Waals surface area contributed by atoms with Gasteiger partial charge in [0.15, 0.2) is 5.82 Å². The van der Waals surface area contributed by atoms with Crippen LogP contribution in [0.15, 0.2) is 65.3 Å². The number of nitrogens with one attached hydrogen (secondary N) is 2. The second-order valence-electron chi connectivity index (χ2n) is 5.73. The summed E-state index contributed by atoms with van der Waals surface area (Å²) in [5, 5.41) is 23.5. The second-order valence-corrected chi connectivity index (χ2v) is 5.73. The van der Waals surface area contributed by atoms with Crippen LogP contribution in [0.3, 0.4) is 0 Å². The number of aromatic nitrogens is 2. The minimum Gasteiger partial charge on any atom is -0.466 e. The van der Waals surface area contributed by atoms with Crippen molar-refractivity contribution in [3.63, 3.8) is 0 Å². The Balaban J connectivity index is 1.56. The Morgan fingerprint density at radius 1 is 1.12 bits per heavy atom. The average Bonchev–Trinajstić information content (AvgIpc) is 3.17. The summed E-state index contributed by atoms with van der Waals surface area (Å²) in [5.74, 6) is 0.689. The van der Waals surface area contributed by atoms with Gasteiger partial charge in [0, 0.05) is 5.56 Å². The van der Waals surface area contributed by atoms with Crippen LogP contribution in [0.1, 0.15) is 12.7 Å². The van der Waals surface area contributed by atoms with Gasteiger partial charge < -0.3 is 14.8 Å². The maximum Gasteiger partial charge on any atom is 0.320 e. The Morgan fingerprint density at radius 2 is 1.92 bits per heavy atom. The topological polar surface area (TPSA) is 100 Å². The number of amides is 2. The predicted octanol–water partition coefficient (Wildman–Crippen LogP) is 2.77. The van der Waals surface area contributed by atoms with Gasteiger partial charge in [0.2, 0.25) is 0 Å². The number of hydrogen-bond acceptors (Lipinski definition) is 5. The van der Waals surface area contributed by atoms with Crippen LogP contribution in [0.25, 0.3) is 11.3 Å². The van der Waals surface area contributed by atoms with Crippen molar-refractivity contribution in [1.29, 1.82) is 0 Å². The molecule has 128 valence electrons. The van der Waals surface area contributed by atoms with E-state index in [0.717, 1.165) is 5.56 Å². The maximum absolute atomic E-state index is 12.0. The van der Waals surface area contributed by atoms with Crippen molar-refractivity contribution < 1.29 is 14.3 Å². The first-order valence-corrected chi connectivity index (χ1v) is 7.75. The fourth-order valence-electron chi connectivity index (χ4n) is 2.25.